The lowest BCUT2D eigenvalue weighted by atomic mass is 9.93. The third-order valence-electron chi connectivity index (χ3n) is 3.79. The monoisotopic (exact) mass is 281 g/mol. The molecule has 21 heavy (non-hydrogen) atoms. The molecule has 0 amide bonds. The van der Waals surface area contributed by atoms with E-state index in [0.717, 1.165) is 31.1 Å². The van der Waals surface area contributed by atoms with Gasteiger partial charge in [0.05, 0.1) is 6.61 Å². The van der Waals surface area contributed by atoms with E-state index < -0.39 is 0 Å². The number of aromatic nitrogens is 4. The van der Waals surface area contributed by atoms with E-state index in [9.17, 15) is 0 Å². The van der Waals surface area contributed by atoms with Gasteiger partial charge in [-0.1, -0.05) is 18.2 Å². The number of benzene rings is 1. The first kappa shape index (κ1) is 12.1. The molecule has 0 saturated heterocycles. The summed E-state index contributed by atoms with van der Waals surface area (Å²) in [6.45, 7) is 1.60. The lowest BCUT2D eigenvalue weighted by molar-refractivity contribution is 0.270. The number of rotatable bonds is 3. The van der Waals surface area contributed by atoms with Crippen LogP contribution in [0.15, 0.2) is 42.9 Å². The molecule has 0 spiro atoms. The third-order valence-corrected chi connectivity index (χ3v) is 3.79. The minimum atomic E-state index is 0.432. The standard InChI is InChI=1S/C15H15N5O/c1-2-4-13-12(3-1)11(6-8-21-13)9-17-14-5-7-16-15-18-10-19-20(14)15/h1-5,7,10-11,17H,6,8-9H2. The zero-order chi connectivity index (χ0) is 14.1. The third kappa shape index (κ3) is 2.18. The van der Waals surface area contributed by atoms with E-state index in [0.29, 0.717) is 11.7 Å². The second-order valence-corrected chi connectivity index (χ2v) is 5.05. The Hall–Kier alpha value is -2.63. The summed E-state index contributed by atoms with van der Waals surface area (Å²) >= 11 is 0. The van der Waals surface area contributed by atoms with Crippen LogP contribution in [0.1, 0.15) is 17.9 Å². The van der Waals surface area contributed by atoms with Crippen LogP contribution in [0, 0.1) is 0 Å². The topological polar surface area (TPSA) is 64.3 Å². The highest BCUT2D eigenvalue weighted by atomic mass is 16.5. The van der Waals surface area contributed by atoms with E-state index in [1.807, 2.05) is 18.2 Å². The number of nitrogens with zero attached hydrogens (tertiary/aromatic N) is 4. The van der Waals surface area contributed by atoms with Gasteiger partial charge in [0.15, 0.2) is 0 Å². The van der Waals surface area contributed by atoms with Gasteiger partial charge in [0.1, 0.15) is 17.9 Å². The summed E-state index contributed by atoms with van der Waals surface area (Å²) in [5.74, 6) is 2.94. The van der Waals surface area contributed by atoms with E-state index in [1.54, 1.807) is 10.7 Å². The van der Waals surface area contributed by atoms with Crippen molar-refractivity contribution in [1.82, 2.24) is 19.6 Å². The van der Waals surface area contributed by atoms with Crippen molar-refractivity contribution in [1.29, 1.82) is 0 Å². The van der Waals surface area contributed by atoms with Gasteiger partial charge in [-0.2, -0.15) is 14.6 Å². The Morgan fingerprint density at radius 3 is 3.19 bits per heavy atom. The van der Waals surface area contributed by atoms with Crippen LogP contribution in [0.25, 0.3) is 5.78 Å². The van der Waals surface area contributed by atoms with E-state index in [1.165, 1.54) is 11.9 Å². The molecular weight excluding hydrogens is 266 g/mol. The molecule has 106 valence electrons. The number of nitrogens with one attached hydrogen (secondary N) is 1. The van der Waals surface area contributed by atoms with Crippen LogP contribution in [0.3, 0.4) is 0 Å². The maximum Gasteiger partial charge on any atom is 0.254 e. The molecule has 0 aliphatic carbocycles. The highest BCUT2D eigenvalue weighted by molar-refractivity contribution is 5.44. The van der Waals surface area contributed by atoms with Gasteiger partial charge in [0.2, 0.25) is 0 Å². The van der Waals surface area contributed by atoms with Gasteiger partial charge in [0.25, 0.3) is 5.78 Å². The molecule has 1 aliphatic rings. The van der Waals surface area contributed by atoms with Crippen molar-refractivity contribution < 1.29 is 4.74 Å². The summed E-state index contributed by atoms with van der Waals surface area (Å²) in [7, 11) is 0. The van der Waals surface area contributed by atoms with Crippen molar-refractivity contribution in [3.63, 3.8) is 0 Å². The van der Waals surface area contributed by atoms with Crippen molar-refractivity contribution in [3.05, 3.63) is 48.4 Å². The average molecular weight is 281 g/mol. The Bertz CT molecular complexity index is 769. The minimum Gasteiger partial charge on any atom is -0.493 e. The van der Waals surface area contributed by atoms with Crippen LogP contribution in [0.4, 0.5) is 5.82 Å². The van der Waals surface area contributed by atoms with Crippen LogP contribution in [-0.4, -0.2) is 32.7 Å². The Morgan fingerprint density at radius 1 is 1.24 bits per heavy atom. The highest BCUT2D eigenvalue weighted by Crippen LogP contribution is 2.33. The molecule has 0 radical (unpaired) electrons. The van der Waals surface area contributed by atoms with Crippen molar-refractivity contribution in [2.75, 3.05) is 18.5 Å². The molecule has 1 aromatic carbocycles. The predicted octanol–water partition coefficient (Wildman–Crippen LogP) is 2.10. The molecule has 1 unspecified atom stereocenters. The quantitative estimate of drug-likeness (QED) is 0.796. The van der Waals surface area contributed by atoms with E-state index in [-0.39, 0.29) is 0 Å². The van der Waals surface area contributed by atoms with Crippen LogP contribution in [-0.2, 0) is 0 Å². The molecule has 0 bridgehead atoms. The SMILES string of the molecule is c1ccc2c(c1)OCCC2CNc1ccnc2ncnn12. The Kier molecular flexibility index (Phi) is 2.92. The molecule has 3 aromatic rings. The molecule has 1 atom stereocenters. The largest absolute Gasteiger partial charge is 0.493 e. The van der Waals surface area contributed by atoms with E-state index >= 15 is 0 Å². The lowest BCUT2D eigenvalue weighted by Crippen LogP contribution is -2.21. The van der Waals surface area contributed by atoms with Gasteiger partial charge in [0, 0.05) is 18.7 Å². The summed E-state index contributed by atoms with van der Waals surface area (Å²) < 4.78 is 7.41. The highest BCUT2D eigenvalue weighted by Gasteiger charge is 2.21. The first-order valence-corrected chi connectivity index (χ1v) is 7.02. The van der Waals surface area contributed by atoms with Gasteiger partial charge in [-0.25, -0.2) is 4.98 Å². The molecule has 2 aromatic heterocycles. The van der Waals surface area contributed by atoms with Crippen molar-refractivity contribution in [2.45, 2.75) is 12.3 Å². The summed E-state index contributed by atoms with van der Waals surface area (Å²) in [6.07, 6.45) is 4.26. The molecular formula is C15H15N5O. The molecule has 4 rings (SSSR count). The van der Waals surface area contributed by atoms with Crippen molar-refractivity contribution >= 4 is 11.6 Å². The number of anilines is 1. The summed E-state index contributed by atoms with van der Waals surface area (Å²) in [4.78, 5) is 8.25. The second kappa shape index (κ2) is 5.05. The maximum atomic E-state index is 5.70. The van der Waals surface area contributed by atoms with Gasteiger partial charge >= 0.3 is 0 Å². The number of hydrogen-bond acceptors (Lipinski definition) is 5. The molecule has 0 saturated carbocycles. The Labute approximate surface area is 121 Å². The normalized spacial score (nSPS) is 17.2. The molecule has 3 heterocycles. The summed E-state index contributed by atoms with van der Waals surface area (Å²) in [5, 5.41) is 7.63. The van der Waals surface area contributed by atoms with Crippen LogP contribution < -0.4 is 10.1 Å². The maximum absolute atomic E-state index is 5.70. The second-order valence-electron chi connectivity index (χ2n) is 5.05. The molecule has 1 N–H and O–H groups in total. The van der Waals surface area contributed by atoms with Crippen LogP contribution in [0.5, 0.6) is 5.75 Å². The fourth-order valence-corrected chi connectivity index (χ4v) is 2.73. The Morgan fingerprint density at radius 2 is 2.19 bits per heavy atom. The lowest BCUT2D eigenvalue weighted by Gasteiger charge is -2.26. The zero-order valence-corrected chi connectivity index (χ0v) is 11.4. The van der Waals surface area contributed by atoms with Gasteiger partial charge in [-0.05, 0) is 24.1 Å². The van der Waals surface area contributed by atoms with Gasteiger partial charge in [-0.15, -0.1) is 0 Å². The predicted molar refractivity (Wildman–Crippen MR) is 78.6 cm³/mol. The minimum absolute atomic E-state index is 0.432. The first-order chi connectivity index (χ1) is 10.4. The van der Waals surface area contributed by atoms with Crippen LogP contribution in [0.2, 0.25) is 0 Å². The summed E-state index contributed by atoms with van der Waals surface area (Å²) in [5.41, 5.74) is 1.26. The number of fused-ring (bicyclic) bond motifs is 2. The summed E-state index contributed by atoms with van der Waals surface area (Å²) in [6, 6.07) is 10.1. The zero-order valence-electron chi connectivity index (χ0n) is 11.4. The van der Waals surface area contributed by atoms with Gasteiger partial charge < -0.3 is 10.1 Å². The average Bonchev–Trinajstić information content (AvgIpc) is 3.02. The Balaban J connectivity index is 1.57. The van der Waals surface area contributed by atoms with Crippen molar-refractivity contribution in [2.24, 2.45) is 0 Å². The number of para-hydroxylation sites is 1. The number of hydrogen-bond donors (Lipinski definition) is 1. The van der Waals surface area contributed by atoms with Crippen molar-refractivity contribution in [3.8, 4) is 5.75 Å². The molecule has 1 aliphatic heterocycles. The fourth-order valence-electron chi connectivity index (χ4n) is 2.73. The van der Waals surface area contributed by atoms with E-state index in [2.05, 4.69) is 32.5 Å². The van der Waals surface area contributed by atoms with Gasteiger partial charge in [-0.3, -0.25) is 0 Å². The molecule has 6 nitrogen and oxygen atoms in total. The molecule has 6 heteroatoms. The first-order valence-electron chi connectivity index (χ1n) is 7.02. The fraction of sp³-hybridized carbons (Fsp3) is 0.267. The van der Waals surface area contributed by atoms with Crippen LogP contribution >= 0.6 is 0 Å². The number of ether oxygens (including phenoxy) is 1. The molecule has 0 fully saturated rings. The smallest absolute Gasteiger partial charge is 0.254 e. The van der Waals surface area contributed by atoms with E-state index in [4.69, 9.17) is 4.74 Å².